The summed E-state index contributed by atoms with van der Waals surface area (Å²) < 4.78 is 7.19. The number of carbonyl (C=O) groups is 2. The number of nitrogens with one attached hydrogen (secondary N) is 1. The second-order valence-corrected chi connectivity index (χ2v) is 7.75. The van der Waals surface area contributed by atoms with Gasteiger partial charge in [-0.3, -0.25) is 0 Å². The first-order chi connectivity index (χ1) is 15.6. The van der Waals surface area contributed by atoms with Crippen molar-refractivity contribution in [2.24, 2.45) is 0 Å². The number of carbonyl (C=O) groups excluding carboxylic acids is 1. The fourth-order valence-corrected chi connectivity index (χ4v) is 4.33. The third-order valence-electron chi connectivity index (χ3n) is 5.84. The zero-order valence-electron chi connectivity index (χ0n) is 17.1. The van der Waals surface area contributed by atoms with E-state index in [2.05, 4.69) is 22.4 Å². The summed E-state index contributed by atoms with van der Waals surface area (Å²) in [6.45, 7) is 0.167. The van der Waals surface area contributed by atoms with Gasteiger partial charge in [-0.2, -0.15) is 0 Å². The van der Waals surface area contributed by atoms with E-state index in [9.17, 15) is 14.7 Å². The largest absolute Gasteiger partial charge is 0.480 e. The Bertz CT molecular complexity index is 1270. The Balaban J connectivity index is 1.28. The summed E-state index contributed by atoms with van der Waals surface area (Å²) in [5.41, 5.74) is 5.12. The number of rotatable bonds is 6. The number of nitrogens with zero attached hydrogens (tertiary/aromatic N) is 2. The van der Waals surface area contributed by atoms with E-state index in [1.54, 1.807) is 17.0 Å². The van der Waals surface area contributed by atoms with Gasteiger partial charge in [0, 0.05) is 23.7 Å². The quantitative estimate of drug-likeness (QED) is 0.485. The molecule has 0 fully saturated rings. The molecule has 2 heterocycles. The van der Waals surface area contributed by atoms with Crippen LogP contribution < -0.4 is 5.32 Å². The highest BCUT2D eigenvalue weighted by Gasteiger charge is 2.30. The van der Waals surface area contributed by atoms with E-state index in [-0.39, 0.29) is 19.1 Å². The molecular weight excluding hydrogens is 406 g/mol. The van der Waals surface area contributed by atoms with Crippen LogP contribution in [0.3, 0.4) is 0 Å². The molecule has 32 heavy (non-hydrogen) atoms. The van der Waals surface area contributed by atoms with Crippen LogP contribution in [0.25, 0.3) is 22.2 Å². The van der Waals surface area contributed by atoms with Gasteiger partial charge in [-0.1, -0.05) is 48.5 Å². The fraction of sp³-hybridized carbons (Fsp3) is 0.160. The number of aliphatic carboxylic acids is 1. The average Bonchev–Trinajstić information content (AvgIpc) is 3.36. The Labute approximate surface area is 184 Å². The molecule has 160 valence electrons. The normalized spacial score (nSPS) is 13.4. The van der Waals surface area contributed by atoms with E-state index < -0.39 is 18.1 Å². The standard InChI is InChI=1S/C25H21N3O4/c29-24(30)22(14-28-13-11-16-6-5-12-26-23(16)28)27-25(31)32-15-21-19-9-3-1-7-17(19)18-8-2-4-10-20(18)21/h1-13,21-22H,14-15H2,(H,27,31)(H,29,30)/t22-/m0/s1. The summed E-state index contributed by atoms with van der Waals surface area (Å²) in [4.78, 5) is 28.6. The maximum absolute atomic E-state index is 12.5. The Morgan fingerprint density at radius 1 is 1.00 bits per heavy atom. The number of ether oxygens (including phenoxy) is 1. The lowest BCUT2D eigenvalue weighted by Gasteiger charge is -2.18. The molecule has 2 aromatic heterocycles. The van der Waals surface area contributed by atoms with Gasteiger partial charge in [-0.25, -0.2) is 14.6 Å². The number of carboxylic acids is 1. The summed E-state index contributed by atoms with van der Waals surface area (Å²) in [6.07, 6.45) is 2.64. The maximum Gasteiger partial charge on any atom is 0.407 e. The average molecular weight is 427 g/mol. The van der Waals surface area contributed by atoms with Crippen LogP contribution in [0, 0.1) is 0 Å². The van der Waals surface area contributed by atoms with E-state index in [1.165, 1.54) is 0 Å². The van der Waals surface area contributed by atoms with E-state index in [4.69, 9.17) is 4.74 Å². The van der Waals surface area contributed by atoms with E-state index >= 15 is 0 Å². The highest BCUT2D eigenvalue weighted by atomic mass is 16.5. The molecule has 0 saturated carbocycles. The number of carboxylic acid groups (broad SMARTS) is 1. The minimum absolute atomic E-state index is 0.0417. The van der Waals surface area contributed by atoms with E-state index in [0.29, 0.717) is 5.65 Å². The van der Waals surface area contributed by atoms with Gasteiger partial charge in [-0.05, 0) is 40.5 Å². The first-order valence-corrected chi connectivity index (χ1v) is 10.4. The van der Waals surface area contributed by atoms with Gasteiger partial charge in [0.25, 0.3) is 0 Å². The Kier molecular flexibility index (Phi) is 5.07. The second-order valence-electron chi connectivity index (χ2n) is 7.75. The van der Waals surface area contributed by atoms with Gasteiger partial charge >= 0.3 is 12.1 Å². The highest BCUT2D eigenvalue weighted by molar-refractivity contribution is 5.81. The molecule has 0 radical (unpaired) electrons. The van der Waals surface area contributed by atoms with Gasteiger partial charge in [0.1, 0.15) is 18.3 Å². The molecule has 7 heteroatoms. The molecule has 1 aliphatic rings. The Hall–Kier alpha value is -4.13. The molecule has 0 aliphatic heterocycles. The molecule has 0 unspecified atom stereocenters. The number of fused-ring (bicyclic) bond motifs is 4. The molecule has 7 nitrogen and oxygen atoms in total. The van der Waals surface area contributed by atoms with Crippen molar-refractivity contribution in [1.82, 2.24) is 14.9 Å². The molecular formula is C25H21N3O4. The van der Waals surface area contributed by atoms with Crippen molar-refractivity contribution in [3.63, 3.8) is 0 Å². The molecule has 1 aliphatic carbocycles. The minimum Gasteiger partial charge on any atom is -0.480 e. The summed E-state index contributed by atoms with van der Waals surface area (Å²) >= 11 is 0. The van der Waals surface area contributed by atoms with Crippen molar-refractivity contribution < 1.29 is 19.4 Å². The highest BCUT2D eigenvalue weighted by Crippen LogP contribution is 2.44. The smallest absolute Gasteiger partial charge is 0.407 e. The van der Waals surface area contributed by atoms with Crippen LogP contribution in [-0.2, 0) is 16.1 Å². The molecule has 0 saturated heterocycles. The van der Waals surface area contributed by atoms with Gasteiger partial charge < -0.3 is 19.7 Å². The predicted octanol–water partition coefficient (Wildman–Crippen LogP) is 4.03. The third kappa shape index (κ3) is 3.58. The van der Waals surface area contributed by atoms with Gasteiger partial charge in [0.15, 0.2) is 0 Å². The summed E-state index contributed by atoms with van der Waals surface area (Å²) in [5.74, 6) is -1.23. The summed E-state index contributed by atoms with van der Waals surface area (Å²) in [6, 6.07) is 20.5. The molecule has 1 atom stereocenters. The Morgan fingerprint density at radius 3 is 2.38 bits per heavy atom. The predicted molar refractivity (Wildman–Crippen MR) is 119 cm³/mol. The van der Waals surface area contributed by atoms with Crippen molar-refractivity contribution in [2.45, 2.75) is 18.5 Å². The second kappa shape index (κ2) is 8.19. The number of amides is 1. The van der Waals surface area contributed by atoms with Gasteiger partial charge in [-0.15, -0.1) is 0 Å². The maximum atomic E-state index is 12.5. The first-order valence-electron chi connectivity index (χ1n) is 10.4. The van der Waals surface area contributed by atoms with Crippen LogP contribution in [0.15, 0.2) is 79.1 Å². The molecule has 2 aromatic carbocycles. The van der Waals surface area contributed by atoms with Crippen molar-refractivity contribution in [1.29, 1.82) is 0 Å². The van der Waals surface area contributed by atoms with Crippen LogP contribution in [0.1, 0.15) is 17.0 Å². The molecule has 0 bridgehead atoms. The zero-order valence-corrected chi connectivity index (χ0v) is 17.1. The van der Waals surface area contributed by atoms with E-state index in [1.807, 2.05) is 54.6 Å². The molecule has 0 spiro atoms. The fourth-order valence-electron chi connectivity index (χ4n) is 4.33. The van der Waals surface area contributed by atoms with Crippen LogP contribution in [0.4, 0.5) is 4.79 Å². The van der Waals surface area contributed by atoms with Gasteiger partial charge in [0.2, 0.25) is 0 Å². The topological polar surface area (TPSA) is 93.5 Å². The minimum atomic E-state index is -1.15. The third-order valence-corrected chi connectivity index (χ3v) is 5.84. The first kappa shape index (κ1) is 19.8. The number of benzene rings is 2. The SMILES string of the molecule is O=C(N[C@@H](Cn1ccc2cccnc21)C(=O)O)OCC1c2ccccc2-c2ccccc21. The number of alkyl carbamates (subject to hydrolysis) is 1. The number of aromatic nitrogens is 2. The molecule has 5 rings (SSSR count). The number of pyridine rings is 1. The molecule has 1 amide bonds. The van der Waals surface area contributed by atoms with Gasteiger partial charge in [0.05, 0.1) is 6.54 Å². The lowest BCUT2D eigenvalue weighted by molar-refractivity contribution is -0.139. The number of hydrogen-bond acceptors (Lipinski definition) is 4. The van der Waals surface area contributed by atoms with Crippen molar-refractivity contribution >= 4 is 23.1 Å². The van der Waals surface area contributed by atoms with Crippen LogP contribution in [-0.4, -0.2) is 39.4 Å². The Morgan fingerprint density at radius 2 is 1.69 bits per heavy atom. The van der Waals surface area contributed by atoms with Crippen LogP contribution in [0.2, 0.25) is 0 Å². The van der Waals surface area contributed by atoms with Crippen LogP contribution >= 0.6 is 0 Å². The molecule has 4 aromatic rings. The molecule has 2 N–H and O–H groups in total. The zero-order chi connectivity index (χ0) is 22.1. The monoisotopic (exact) mass is 427 g/mol. The van der Waals surface area contributed by atoms with Crippen molar-refractivity contribution in [2.75, 3.05) is 6.61 Å². The summed E-state index contributed by atoms with van der Waals surface area (Å²) in [7, 11) is 0. The van der Waals surface area contributed by atoms with E-state index in [0.717, 1.165) is 27.6 Å². The van der Waals surface area contributed by atoms with Crippen molar-refractivity contribution in [3.8, 4) is 11.1 Å². The lowest BCUT2D eigenvalue weighted by Crippen LogP contribution is -2.44. The van der Waals surface area contributed by atoms with Crippen molar-refractivity contribution in [3.05, 3.63) is 90.3 Å². The number of hydrogen-bond donors (Lipinski definition) is 2. The van der Waals surface area contributed by atoms with Crippen LogP contribution in [0.5, 0.6) is 0 Å². The lowest BCUT2D eigenvalue weighted by atomic mass is 9.98. The summed E-state index contributed by atoms with van der Waals surface area (Å²) in [5, 5.41) is 13.0.